The van der Waals surface area contributed by atoms with E-state index in [0.29, 0.717) is 18.7 Å². The molecule has 0 saturated carbocycles. The van der Waals surface area contributed by atoms with Crippen LogP contribution >= 0.6 is 11.3 Å². The van der Waals surface area contributed by atoms with E-state index in [0.717, 1.165) is 40.5 Å². The highest BCUT2D eigenvalue weighted by atomic mass is 32.2. The van der Waals surface area contributed by atoms with Crippen molar-refractivity contribution in [1.29, 1.82) is 0 Å². The predicted molar refractivity (Wildman–Crippen MR) is 207 cm³/mol. The van der Waals surface area contributed by atoms with E-state index in [4.69, 9.17) is 5.73 Å². The molecule has 4 N–H and O–H groups in total. The van der Waals surface area contributed by atoms with Crippen molar-refractivity contribution in [2.45, 2.75) is 68.2 Å². The average Bonchev–Trinajstić information content (AvgIpc) is 3.70. The van der Waals surface area contributed by atoms with E-state index < -0.39 is 56.3 Å². The van der Waals surface area contributed by atoms with Crippen molar-refractivity contribution in [3.8, 4) is 0 Å². The van der Waals surface area contributed by atoms with Crippen LogP contribution in [0.3, 0.4) is 0 Å². The first-order valence-electron chi connectivity index (χ1n) is 18.0. The highest BCUT2D eigenvalue weighted by Gasteiger charge is 2.43. The number of nitrogens with one attached hydrogen (secondary N) is 2. The smallest absolute Gasteiger partial charge is 0.264 e. The minimum atomic E-state index is -4.04. The van der Waals surface area contributed by atoms with E-state index in [2.05, 4.69) is 20.0 Å². The van der Waals surface area contributed by atoms with Gasteiger partial charge in [0.05, 0.1) is 29.7 Å². The predicted octanol–water partition coefficient (Wildman–Crippen LogP) is 1.64. The number of hydrogen-bond acceptors (Lipinski definition) is 11. The summed E-state index contributed by atoms with van der Waals surface area (Å²) in [6, 6.07) is 12.3. The average molecular weight is 815 g/mol. The van der Waals surface area contributed by atoms with Crippen LogP contribution < -0.4 is 15.8 Å². The molecule has 0 spiro atoms. The van der Waals surface area contributed by atoms with Gasteiger partial charge in [0.2, 0.25) is 39.5 Å². The molecule has 1 aromatic heterocycles. The van der Waals surface area contributed by atoms with E-state index in [1.54, 1.807) is 52.7 Å². The van der Waals surface area contributed by atoms with Gasteiger partial charge in [0.25, 0.3) is 10.0 Å². The number of guanidine groups is 1. The first kappa shape index (κ1) is 41.4. The van der Waals surface area contributed by atoms with Gasteiger partial charge in [-0.3, -0.25) is 24.2 Å². The van der Waals surface area contributed by atoms with Crippen LogP contribution in [0.4, 0.5) is 0 Å². The third-order valence-electron chi connectivity index (χ3n) is 9.29. The summed E-state index contributed by atoms with van der Waals surface area (Å²) in [4.78, 5) is 65.3. The number of piperidine rings is 1. The quantitative estimate of drug-likeness (QED) is 0.0821. The second kappa shape index (κ2) is 18.7. The molecule has 16 nitrogen and oxygen atoms in total. The van der Waals surface area contributed by atoms with Gasteiger partial charge in [0.1, 0.15) is 6.04 Å². The van der Waals surface area contributed by atoms with Gasteiger partial charge in [0.15, 0.2) is 5.01 Å². The maximum atomic E-state index is 14.0. The Bertz CT molecular complexity index is 2060. The van der Waals surface area contributed by atoms with Crippen molar-refractivity contribution in [3.05, 3.63) is 82.3 Å². The summed E-state index contributed by atoms with van der Waals surface area (Å²) in [5.74, 6) is -2.84. The molecule has 2 fully saturated rings. The van der Waals surface area contributed by atoms with Crippen LogP contribution in [-0.2, 0) is 40.2 Å². The number of sulfonamides is 2. The number of benzene rings is 2. The summed E-state index contributed by atoms with van der Waals surface area (Å²) in [6.45, 7) is 2.19. The van der Waals surface area contributed by atoms with Crippen LogP contribution in [-0.4, -0.2) is 117 Å². The summed E-state index contributed by atoms with van der Waals surface area (Å²) in [7, 11) is -8.00. The van der Waals surface area contributed by atoms with E-state index in [9.17, 15) is 36.0 Å². The number of piperazine rings is 1. The molecule has 0 aliphatic carbocycles. The lowest BCUT2D eigenvalue weighted by Gasteiger charge is -2.40. The molecule has 5 rings (SSSR count). The molecule has 2 aliphatic rings. The molecule has 3 aromatic rings. The van der Waals surface area contributed by atoms with Gasteiger partial charge >= 0.3 is 0 Å². The minimum Gasteiger partial charge on any atom is -0.369 e. The lowest BCUT2D eigenvalue weighted by atomic mass is 10.1. The monoisotopic (exact) mass is 814 g/mol. The van der Waals surface area contributed by atoms with Gasteiger partial charge in [0, 0.05) is 44.3 Å². The third kappa shape index (κ3) is 11.4. The zero-order chi connectivity index (χ0) is 39.6. The second-order valence-electron chi connectivity index (χ2n) is 13.4. The Morgan fingerprint density at radius 2 is 1.69 bits per heavy atom. The summed E-state index contributed by atoms with van der Waals surface area (Å²) < 4.78 is 56.0. The number of carbonyl (C=O) groups is 4. The van der Waals surface area contributed by atoms with Gasteiger partial charge in [-0.1, -0.05) is 48.0 Å². The van der Waals surface area contributed by atoms with Gasteiger partial charge in [-0.2, -0.15) is 4.31 Å². The van der Waals surface area contributed by atoms with E-state index in [-0.39, 0.29) is 66.4 Å². The Kier molecular flexibility index (Phi) is 14.1. The summed E-state index contributed by atoms with van der Waals surface area (Å²) >= 11 is 1.09. The molecule has 2 aliphatic heterocycles. The van der Waals surface area contributed by atoms with Gasteiger partial charge in [-0.15, -0.1) is 11.3 Å². The summed E-state index contributed by atoms with van der Waals surface area (Å²) in [5, 5.41) is 4.47. The fourth-order valence-corrected chi connectivity index (χ4v) is 9.70. The number of aliphatic imine (C=N–C) groups is 1. The van der Waals surface area contributed by atoms with Gasteiger partial charge in [-0.25, -0.2) is 26.5 Å². The molecule has 2 atom stereocenters. The molecule has 3 amide bonds. The van der Waals surface area contributed by atoms with Crippen LogP contribution in [0.15, 0.2) is 76.1 Å². The lowest BCUT2D eigenvalue weighted by molar-refractivity contribution is -0.146. The number of likely N-dealkylation sites (tertiary alicyclic amines) is 1. The maximum absolute atomic E-state index is 14.0. The van der Waals surface area contributed by atoms with Crippen molar-refractivity contribution >= 4 is 60.8 Å². The van der Waals surface area contributed by atoms with E-state index in [1.807, 2.05) is 6.92 Å². The van der Waals surface area contributed by atoms with E-state index >= 15 is 0 Å². The van der Waals surface area contributed by atoms with Gasteiger partial charge in [-0.05, 0) is 56.7 Å². The first-order valence-corrected chi connectivity index (χ1v) is 21.9. The highest BCUT2D eigenvalue weighted by molar-refractivity contribution is 7.90. The number of hydrogen-bond donors (Lipinski definition) is 3. The Hall–Kier alpha value is -4.72. The minimum absolute atomic E-state index is 0.0155. The number of amides is 3. The molecular weight excluding hydrogens is 769 g/mol. The Labute approximate surface area is 325 Å². The fourth-order valence-electron chi connectivity index (χ4n) is 6.42. The SMILES string of the molecule is Cc1ccc(S(=O)(=O)NC(N)=NCCCC(NC(=O)CN2CCN(S(=O)(=O)Cc3ccccc3)C(CC(=O)N3CCCCC3)C2=O)C(=O)c2nccs2)cc1. The zero-order valence-corrected chi connectivity index (χ0v) is 33.0. The Morgan fingerprint density at radius 1 is 0.982 bits per heavy atom. The molecule has 0 radical (unpaired) electrons. The molecule has 19 heteroatoms. The van der Waals surface area contributed by atoms with Crippen molar-refractivity contribution in [3.63, 3.8) is 0 Å². The molecular formula is C36H46N8O8S3. The van der Waals surface area contributed by atoms with Crippen LogP contribution in [0.25, 0.3) is 0 Å². The van der Waals surface area contributed by atoms with Gasteiger partial charge < -0.3 is 20.9 Å². The number of ketones is 1. The second-order valence-corrected chi connectivity index (χ2v) is 17.9. The molecule has 0 bridgehead atoms. The Morgan fingerprint density at radius 3 is 2.36 bits per heavy atom. The van der Waals surface area contributed by atoms with Crippen LogP contribution in [0.2, 0.25) is 0 Å². The highest BCUT2D eigenvalue weighted by Crippen LogP contribution is 2.24. The first-order chi connectivity index (χ1) is 26.2. The molecule has 55 heavy (non-hydrogen) atoms. The van der Waals surface area contributed by atoms with Crippen LogP contribution in [0.5, 0.6) is 0 Å². The number of aryl methyl sites for hydroxylation is 1. The molecule has 2 aromatic carbocycles. The van der Waals surface area contributed by atoms with Crippen LogP contribution in [0.1, 0.15) is 59.5 Å². The number of nitrogens with zero attached hydrogens (tertiary/aromatic N) is 5. The van der Waals surface area contributed by atoms with Crippen molar-refractivity contribution in [2.75, 3.05) is 39.3 Å². The number of Topliss-reactive ketones (excluding diaryl/α,β-unsaturated/α-hetero) is 1. The topological polar surface area (TPSA) is 222 Å². The molecule has 2 unspecified atom stereocenters. The maximum Gasteiger partial charge on any atom is 0.264 e. The largest absolute Gasteiger partial charge is 0.369 e. The molecule has 3 heterocycles. The van der Waals surface area contributed by atoms with Crippen molar-refractivity contribution < 1.29 is 36.0 Å². The lowest BCUT2D eigenvalue weighted by Crippen LogP contribution is -2.61. The summed E-state index contributed by atoms with van der Waals surface area (Å²) in [6.07, 6.45) is 4.01. The summed E-state index contributed by atoms with van der Waals surface area (Å²) in [5.41, 5.74) is 7.27. The number of thiazole rings is 1. The molecule has 2 saturated heterocycles. The third-order valence-corrected chi connectivity index (χ3v) is 13.3. The van der Waals surface area contributed by atoms with Crippen molar-refractivity contribution in [1.82, 2.24) is 29.1 Å². The number of carbonyl (C=O) groups excluding carboxylic acids is 4. The number of rotatable bonds is 16. The Balaban J connectivity index is 1.24. The zero-order valence-electron chi connectivity index (χ0n) is 30.5. The molecule has 296 valence electrons. The van der Waals surface area contributed by atoms with E-state index in [1.165, 1.54) is 23.2 Å². The standard InChI is InChI=1S/C36H46N8O8S3/c1-26-12-14-28(15-13-26)55(51,52)41-36(37)39-16-8-11-29(33(47)34-38-17-22-53-34)40-31(45)24-43-20-21-44(54(49,50)25-27-9-4-2-5-10-27)30(35(43)48)23-32(46)42-18-6-3-7-19-42/h2,4-5,9-10,12-15,17,22,29-30H,3,6-8,11,16,18-21,23-25H2,1H3,(H,40,45)(H3,37,39,41). The van der Waals surface area contributed by atoms with Crippen molar-refractivity contribution in [2.24, 2.45) is 10.7 Å². The van der Waals surface area contributed by atoms with Crippen LogP contribution in [0, 0.1) is 6.92 Å². The number of nitrogens with two attached hydrogens (primary N) is 1. The normalized spacial score (nSPS) is 17.8. The number of aromatic nitrogens is 1. The fraction of sp³-hybridized carbons (Fsp3) is 0.444.